The summed E-state index contributed by atoms with van der Waals surface area (Å²) >= 11 is 5.27. The summed E-state index contributed by atoms with van der Waals surface area (Å²) in [5.74, 6) is -1.96. The molecular weight excluding hydrogens is 500 g/mol. The van der Waals surface area contributed by atoms with E-state index in [0.717, 1.165) is 26.8 Å². The maximum Gasteiger partial charge on any atom is 0.335 e. The fourth-order valence-electron chi connectivity index (χ4n) is 4.21. The molecule has 1 saturated heterocycles. The molecule has 8 heteroatoms. The highest BCUT2D eigenvalue weighted by molar-refractivity contribution is 7.80. The lowest BCUT2D eigenvalue weighted by Crippen LogP contribution is -2.54. The first-order chi connectivity index (χ1) is 18.3. The molecule has 4 aromatic rings. The van der Waals surface area contributed by atoms with Crippen molar-refractivity contribution in [3.05, 3.63) is 113 Å². The van der Waals surface area contributed by atoms with Crippen LogP contribution in [0.15, 0.2) is 90.5 Å². The standard InChI is InChI=1S/C30H22N2O5S/c1-18-9-11-19(12-10-18)17-37-26-14-13-20-5-2-3-8-23(20)24(26)16-25-27(33)31-30(38)32(28(25)34)22-7-4-6-21(15-22)29(35)36/h2-16H,17H2,1H3,(H,35,36)(H,31,33,38). The molecule has 0 aliphatic carbocycles. The van der Waals surface area contributed by atoms with Crippen LogP contribution >= 0.6 is 12.2 Å². The topological polar surface area (TPSA) is 95.9 Å². The molecule has 188 valence electrons. The zero-order valence-corrected chi connectivity index (χ0v) is 21.1. The van der Waals surface area contributed by atoms with Gasteiger partial charge in [-0.25, -0.2) is 4.79 Å². The third kappa shape index (κ3) is 4.89. The van der Waals surface area contributed by atoms with E-state index in [2.05, 4.69) is 5.32 Å². The number of benzene rings is 4. The number of rotatable bonds is 6. The molecule has 7 nitrogen and oxygen atoms in total. The van der Waals surface area contributed by atoms with Crippen LogP contribution in [0.3, 0.4) is 0 Å². The summed E-state index contributed by atoms with van der Waals surface area (Å²) in [6.45, 7) is 2.31. The Morgan fingerprint density at radius 2 is 1.76 bits per heavy atom. The van der Waals surface area contributed by atoms with E-state index in [1.165, 1.54) is 24.3 Å². The average molecular weight is 523 g/mol. The molecule has 1 aliphatic rings. The van der Waals surface area contributed by atoms with Crippen LogP contribution in [0.2, 0.25) is 0 Å². The molecule has 0 unspecified atom stereocenters. The Morgan fingerprint density at radius 1 is 1.00 bits per heavy atom. The van der Waals surface area contributed by atoms with Gasteiger partial charge < -0.3 is 9.84 Å². The molecule has 0 saturated carbocycles. The van der Waals surface area contributed by atoms with Crippen LogP contribution < -0.4 is 15.0 Å². The van der Waals surface area contributed by atoms with Crippen molar-refractivity contribution in [2.75, 3.05) is 4.90 Å². The number of carbonyl (C=O) groups excluding carboxylic acids is 2. The zero-order valence-electron chi connectivity index (χ0n) is 20.3. The van der Waals surface area contributed by atoms with E-state index in [9.17, 15) is 19.5 Å². The van der Waals surface area contributed by atoms with Crippen molar-refractivity contribution in [1.29, 1.82) is 0 Å². The second kappa shape index (κ2) is 10.3. The van der Waals surface area contributed by atoms with Crippen molar-refractivity contribution < 1.29 is 24.2 Å². The van der Waals surface area contributed by atoms with E-state index in [0.29, 0.717) is 17.9 Å². The number of nitrogens with one attached hydrogen (secondary N) is 1. The molecule has 1 fully saturated rings. The van der Waals surface area contributed by atoms with E-state index in [4.69, 9.17) is 17.0 Å². The summed E-state index contributed by atoms with van der Waals surface area (Å²) in [6, 6.07) is 25.1. The SMILES string of the molecule is Cc1ccc(COc2ccc3ccccc3c2C=C2C(=O)NC(=S)N(c3cccc(C(=O)O)c3)C2=O)cc1. The summed E-state index contributed by atoms with van der Waals surface area (Å²) in [5, 5.41) is 13.5. The zero-order chi connectivity index (χ0) is 26.8. The molecule has 0 bridgehead atoms. The first-order valence-electron chi connectivity index (χ1n) is 11.8. The number of nitrogens with zero attached hydrogens (tertiary/aromatic N) is 1. The van der Waals surface area contributed by atoms with Crippen molar-refractivity contribution in [3.8, 4) is 5.75 Å². The highest BCUT2D eigenvalue weighted by Gasteiger charge is 2.35. The number of hydrogen-bond donors (Lipinski definition) is 2. The number of ether oxygens (including phenoxy) is 1. The smallest absolute Gasteiger partial charge is 0.335 e. The Hall–Kier alpha value is -4.82. The number of carboxylic acid groups (broad SMARTS) is 1. The summed E-state index contributed by atoms with van der Waals surface area (Å²) in [4.78, 5) is 39.2. The fourth-order valence-corrected chi connectivity index (χ4v) is 4.49. The summed E-state index contributed by atoms with van der Waals surface area (Å²) in [5.41, 5.74) is 2.75. The third-order valence-corrected chi connectivity index (χ3v) is 6.47. The van der Waals surface area contributed by atoms with Crippen LogP contribution in [0.5, 0.6) is 5.75 Å². The van der Waals surface area contributed by atoms with E-state index >= 15 is 0 Å². The highest BCUT2D eigenvalue weighted by atomic mass is 32.1. The lowest BCUT2D eigenvalue weighted by molar-refractivity contribution is -0.122. The summed E-state index contributed by atoms with van der Waals surface area (Å²) < 4.78 is 6.17. The van der Waals surface area contributed by atoms with Crippen molar-refractivity contribution in [2.24, 2.45) is 0 Å². The van der Waals surface area contributed by atoms with Crippen LogP contribution in [0, 0.1) is 6.92 Å². The van der Waals surface area contributed by atoms with Gasteiger partial charge in [-0.15, -0.1) is 0 Å². The average Bonchev–Trinajstić information content (AvgIpc) is 2.91. The van der Waals surface area contributed by atoms with E-state index < -0.39 is 17.8 Å². The Morgan fingerprint density at radius 3 is 2.53 bits per heavy atom. The third-order valence-electron chi connectivity index (χ3n) is 6.19. The molecule has 5 rings (SSSR count). The van der Waals surface area contributed by atoms with Crippen molar-refractivity contribution >= 4 is 57.6 Å². The Kier molecular flexibility index (Phi) is 6.72. The molecular formula is C30H22N2O5S. The van der Waals surface area contributed by atoms with Crippen LogP contribution in [0.25, 0.3) is 16.8 Å². The Labute approximate surface area is 224 Å². The second-order valence-electron chi connectivity index (χ2n) is 8.79. The van der Waals surface area contributed by atoms with E-state index in [1.807, 2.05) is 67.6 Å². The number of hydrogen-bond acceptors (Lipinski definition) is 5. The number of carboxylic acids is 1. The Bertz CT molecular complexity index is 1640. The fraction of sp³-hybridized carbons (Fsp3) is 0.0667. The lowest BCUT2D eigenvalue weighted by atomic mass is 9.99. The van der Waals surface area contributed by atoms with Crippen molar-refractivity contribution in [3.63, 3.8) is 0 Å². The number of carbonyl (C=O) groups is 3. The van der Waals surface area contributed by atoms with Gasteiger partial charge in [-0.05, 0) is 65.8 Å². The van der Waals surface area contributed by atoms with Gasteiger partial charge in [0.05, 0.1) is 11.3 Å². The molecule has 1 heterocycles. The minimum Gasteiger partial charge on any atom is -0.488 e. The Balaban J connectivity index is 1.57. The molecule has 2 amide bonds. The monoisotopic (exact) mass is 522 g/mol. The van der Waals surface area contributed by atoms with Gasteiger partial charge in [0.25, 0.3) is 11.8 Å². The van der Waals surface area contributed by atoms with Crippen LogP contribution in [0.1, 0.15) is 27.0 Å². The van der Waals surface area contributed by atoms with Gasteiger partial charge in [-0.1, -0.05) is 66.2 Å². The minimum atomic E-state index is -1.15. The van der Waals surface area contributed by atoms with E-state index in [-0.39, 0.29) is 21.9 Å². The maximum absolute atomic E-state index is 13.6. The summed E-state index contributed by atoms with van der Waals surface area (Å²) in [7, 11) is 0. The predicted octanol–water partition coefficient (Wildman–Crippen LogP) is 5.26. The van der Waals surface area contributed by atoms with Crippen LogP contribution in [-0.4, -0.2) is 28.0 Å². The number of fused-ring (bicyclic) bond motifs is 1. The molecule has 0 spiro atoms. The second-order valence-corrected chi connectivity index (χ2v) is 9.17. The van der Waals surface area contributed by atoms with Gasteiger partial charge in [0.2, 0.25) is 0 Å². The summed E-state index contributed by atoms with van der Waals surface area (Å²) in [6.07, 6.45) is 1.50. The van der Waals surface area contributed by atoms with Gasteiger partial charge in [-0.2, -0.15) is 0 Å². The van der Waals surface area contributed by atoms with Gasteiger partial charge >= 0.3 is 5.97 Å². The number of amides is 2. The molecule has 0 atom stereocenters. The number of anilines is 1. The quantitative estimate of drug-likeness (QED) is 0.204. The molecule has 0 aromatic heterocycles. The largest absolute Gasteiger partial charge is 0.488 e. The van der Waals surface area contributed by atoms with Crippen molar-refractivity contribution in [2.45, 2.75) is 13.5 Å². The van der Waals surface area contributed by atoms with Crippen LogP contribution in [-0.2, 0) is 16.2 Å². The van der Waals surface area contributed by atoms with Gasteiger partial charge in [0.1, 0.15) is 17.9 Å². The maximum atomic E-state index is 13.6. The molecule has 4 aromatic carbocycles. The molecule has 0 radical (unpaired) electrons. The number of aryl methyl sites for hydroxylation is 1. The van der Waals surface area contributed by atoms with Gasteiger partial charge in [-0.3, -0.25) is 19.8 Å². The first kappa shape index (κ1) is 24.9. The number of thiocarbonyl (C=S) groups is 1. The molecule has 1 aliphatic heterocycles. The minimum absolute atomic E-state index is 0.0126. The molecule has 2 N–H and O–H groups in total. The van der Waals surface area contributed by atoms with Crippen LogP contribution in [0.4, 0.5) is 5.69 Å². The normalized spacial score (nSPS) is 14.6. The highest BCUT2D eigenvalue weighted by Crippen LogP contribution is 2.32. The van der Waals surface area contributed by atoms with Crippen molar-refractivity contribution in [1.82, 2.24) is 5.32 Å². The first-order valence-corrected chi connectivity index (χ1v) is 12.2. The number of aromatic carboxylic acids is 1. The van der Waals surface area contributed by atoms with Gasteiger partial charge in [0.15, 0.2) is 5.11 Å². The van der Waals surface area contributed by atoms with E-state index in [1.54, 1.807) is 6.07 Å². The predicted molar refractivity (Wildman–Crippen MR) is 149 cm³/mol. The molecule has 38 heavy (non-hydrogen) atoms. The van der Waals surface area contributed by atoms with Gasteiger partial charge in [0, 0.05) is 5.56 Å². The lowest BCUT2D eigenvalue weighted by Gasteiger charge is -2.29.